The number of ether oxygens (including phenoxy) is 1. The summed E-state index contributed by atoms with van der Waals surface area (Å²) < 4.78 is 6.18. The summed E-state index contributed by atoms with van der Waals surface area (Å²) in [6.07, 6.45) is 6.54. The van der Waals surface area contributed by atoms with Crippen molar-refractivity contribution in [1.82, 2.24) is 0 Å². The Morgan fingerprint density at radius 1 is 1.28 bits per heavy atom. The highest BCUT2D eigenvalue weighted by atomic mass is 16.5. The minimum Gasteiger partial charge on any atom is -0.490 e. The normalized spacial score (nSPS) is 23.9. The minimum absolute atomic E-state index is 0.0561. The molecular weight excluding hydrogens is 224 g/mol. The monoisotopic (exact) mass is 248 g/mol. The topological polar surface area (TPSA) is 29.5 Å². The summed E-state index contributed by atoms with van der Waals surface area (Å²) in [5.41, 5.74) is 2.08. The van der Waals surface area contributed by atoms with Crippen molar-refractivity contribution in [3.8, 4) is 5.75 Å². The lowest BCUT2D eigenvalue weighted by molar-refractivity contribution is 0.0878. The molecule has 2 rings (SSSR count). The summed E-state index contributed by atoms with van der Waals surface area (Å²) in [5, 5.41) is 9.42. The van der Waals surface area contributed by atoms with E-state index in [1.807, 2.05) is 19.1 Å². The third-order valence-electron chi connectivity index (χ3n) is 4.03. The van der Waals surface area contributed by atoms with Crippen LogP contribution in [0.4, 0.5) is 0 Å². The molecule has 2 nitrogen and oxygen atoms in total. The van der Waals surface area contributed by atoms with Crippen molar-refractivity contribution in [3.05, 3.63) is 29.3 Å². The maximum absolute atomic E-state index is 9.42. The molecule has 2 unspecified atom stereocenters. The van der Waals surface area contributed by atoms with Crippen LogP contribution >= 0.6 is 0 Å². The van der Waals surface area contributed by atoms with E-state index in [1.54, 1.807) is 0 Å². The third kappa shape index (κ3) is 3.05. The van der Waals surface area contributed by atoms with E-state index < -0.39 is 0 Å². The molecular formula is C16H24O2. The van der Waals surface area contributed by atoms with Crippen LogP contribution in [0.2, 0.25) is 0 Å². The zero-order valence-electron chi connectivity index (χ0n) is 11.5. The number of rotatable bonds is 4. The first kappa shape index (κ1) is 13.4. The minimum atomic E-state index is 0.0561. The van der Waals surface area contributed by atoms with Crippen molar-refractivity contribution >= 4 is 0 Å². The fourth-order valence-corrected chi connectivity index (χ4v) is 2.91. The van der Waals surface area contributed by atoms with Gasteiger partial charge in [0.1, 0.15) is 11.9 Å². The zero-order valence-corrected chi connectivity index (χ0v) is 11.5. The Morgan fingerprint density at radius 3 is 2.78 bits per heavy atom. The van der Waals surface area contributed by atoms with Crippen LogP contribution in [0.5, 0.6) is 5.75 Å². The molecule has 1 saturated carbocycles. The molecule has 2 atom stereocenters. The first-order valence-electron chi connectivity index (χ1n) is 7.11. The molecule has 18 heavy (non-hydrogen) atoms. The Balaban J connectivity index is 2.12. The molecule has 0 saturated heterocycles. The standard InChI is InChI=1S/C16H24O2/c1-3-13-6-4-5-7-15(13)18-16-9-8-12(2)10-14(16)11-17/h8-10,13,15,17H,3-7,11H2,1-2H3. The van der Waals surface area contributed by atoms with Gasteiger partial charge in [0, 0.05) is 5.56 Å². The molecule has 0 aromatic heterocycles. The molecule has 0 spiro atoms. The number of hydrogen-bond acceptors (Lipinski definition) is 2. The lowest BCUT2D eigenvalue weighted by atomic mass is 9.84. The number of aliphatic hydroxyl groups excluding tert-OH is 1. The van der Waals surface area contributed by atoms with Gasteiger partial charge in [-0.1, -0.05) is 31.0 Å². The summed E-state index contributed by atoms with van der Waals surface area (Å²) in [6, 6.07) is 6.07. The van der Waals surface area contributed by atoms with Gasteiger partial charge in [-0.15, -0.1) is 0 Å². The van der Waals surface area contributed by atoms with E-state index in [2.05, 4.69) is 13.0 Å². The lowest BCUT2D eigenvalue weighted by Gasteiger charge is -2.31. The number of benzene rings is 1. The summed E-state index contributed by atoms with van der Waals surface area (Å²) in [7, 11) is 0. The molecule has 1 aromatic rings. The Hall–Kier alpha value is -1.02. The predicted octanol–water partition coefficient (Wildman–Crippen LogP) is 3.83. The number of aliphatic hydroxyl groups is 1. The Bertz CT molecular complexity index is 387. The first-order valence-corrected chi connectivity index (χ1v) is 7.11. The van der Waals surface area contributed by atoms with Crippen molar-refractivity contribution in [2.24, 2.45) is 5.92 Å². The molecule has 0 radical (unpaired) electrons. The van der Waals surface area contributed by atoms with E-state index in [9.17, 15) is 5.11 Å². The zero-order chi connectivity index (χ0) is 13.0. The van der Waals surface area contributed by atoms with E-state index in [0.29, 0.717) is 12.0 Å². The van der Waals surface area contributed by atoms with Crippen LogP contribution < -0.4 is 4.74 Å². The second kappa shape index (κ2) is 6.24. The predicted molar refractivity (Wildman–Crippen MR) is 73.8 cm³/mol. The molecule has 1 aromatic carbocycles. The van der Waals surface area contributed by atoms with Gasteiger partial charge >= 0.3 is 0 Å². The molecule has 2 heteroatoms. The lowest BCUT2D eigenvalue weighted by Crippen LogP contribution is -2.30. The quantitative estimate of drug-likeness (QED) is 0.877. The maximum Gasteiger partial charge on any atom is 0.125 e. The fourth-order valence-electron chi connectivity index (χ4n) is 2.91. The van der Waals surface area contributed by atoms with Gasteiger partial charge in [-0.3, -0.25) is 0 Å². The first-order chi connectivity index (χ1) is 8.74. The van der Waals surface area contributed by atoms with Crippen molar-refractivity contribution in [1.29, 1.82) is 0 Å². The van der Waals surface area contributed by atoms with Gasteiger partial charge in [-0.05, 0) is 44.6 Å². The highest BCUT2D eigenvalue weighted by Crippen LogP contribution is 2.32. The van der Waals surface area contributed by atoms with E-state index in [1.165, 1.54) is 31.2 Å². The summed E-state index contributed by atoms with van der Waals surface area (Å²) in [6.45, 7) is 4.34. The second-order valence-electron chi connectivity index (χ2n) is 5.38. The van der Waals surface area contributed by atoms with Crippen LogP contribution in [0.25, 0.3) is 0 Å². The largest absolute Gasteiger partial charge is 0.490 e. The smallest absolute Gasteiger partial charge is 0.125 e. The Labute approximate surface area is 110 Å². The van der Waals surface area contributed by atoms with Crippen molar-refractivity contribution in [3.63, 3.8) is 0 Å². The molecule has 1 fully saturated rings. The average Bonchev–Trinajstić information content (AvgIpc) is 2.41. The van der Waals surface area contributed by atoms with Gasteiger partial charge in [0.15, 0.2) is 0 Å². The average molecular weight is 248 g/mol. The van der Waals surface area contributed by atoms with Crippen molar-refractivity contribution < 1.29 is 9.84 Å². The third-order valence-corrected chi connectivity index (χ3v) is 4.03. The molecule has 0 bridgehead atoms. The van der Waals surface area contributed by atoms with Gasteiger partial charge in [-0.25, -0.2) is 0 Å². The number of aryl methyl sites for hydroxylation is 1. The van der Waals surface area contributed by atoms with Crippen molar-refractivity contribution in [2.75, 3.05) is 0 Å². The summed E-state index contributed by atoms with van der Waals surface area (Å²) >= 11 is 0. The molecule has 100 valence electrons. The van der Waals surface area contributed by atoms with Crippen LogP contribution in [-0.4, -0.2) is 11.2 Å². The van der Waals surface area contributed by atoms with Crippen LogP contribution in [0, 0.1) is 12.8 Å². The van der Waals surface area contributed by atoms with Crippen LogP contribution in [0.15, 0.2) is 18.2 Å². The van der Waals surface area contributed by atoms with Crippen LogP contribution in [0.1, 0.15) is 50.2 Å². The molecule has 0 aliphatic heterocycles. The van der Waals surface area contributed by atoms with E-state index in [0.717, 1.165) is 17.7 Å². The van der Waals surface area contributed by atoms with Gasteiger partial charge < -0.3 is 9.84 Å². The highest BCUT2D eigenvalue weighted by molar-refractivity contribution is 5.36. The summed E-state index contributed by atoms with van der Waals surface area (Å²) in [4.78, 5) is 0. The summed E-state index contributed by atoms with van der Waals surface area (Å²) in [5.74, 6) is 1.54. The SMILES string of the molecule is CCC1CCCCC1Oc1ccc(C)cc1CO. The molecule has 1 aliphatic rings. The number of hydrogen-bond donors (Lipinski definition) is 1. The van der Waals surface area contributed by atoms with E-state index in [-0.39, 0.29) is 6.61 Å². The maximum atomic E-state index is 9.42. The molecule has 1 N–H and O–H groups in total. The molecule has 0 amide bonds. The molecule has 1 aliphatic carbocycles. The van der Waals surface area contributed by atoms with Gasteiger partial charge in [-0.2, -0.15) is 0 Å². The van der Waals surface area contributed by atoms with Crippen LogP contribution in [0.3, 0.4) is 0 Å². The second-order valence-corrected chi connectivity index (χ2v) is 5.38. The van der Waals surface area contributed by atoms with Gasteiger partial charge in [0.2, 0.25) is 0 Å². The Morgan fingerprint density at radius 2 is 2.06 bits per heavy atom. The fraction of sp³-hybridized carbons (Fsp3) is 0.625. The Kier molecular flexibility index (Phi) is 4.65. The van der Waals surface area contributed by atoms with Gasteiger partial charge in [0.05, 0.1) is 6.61 Å². The van der Waals surface area contributed by atoms with E-state index >= 15 is 0 Å². The van der Waals surface area contributed by atoms with Crippen LogP contribution in [-0.2, 0) is 6.61 Å². The molecule has 0 heterocycles. The van der Waals surface area contributed by atoms with Crippen molar-refractivity contribution in [2.45, 2.75) is 58.7 Å². The van der Waals surface area contributed by atoms with E-state index in [4.69, 9.17) is 4.74 Å². The van der Waals surface area contributed by atoms with Gasteiger partial charge in [0.25, 0.3) is 0 Å². The highest BCUT2D eigenvalue weighted by Gasteiger charge is 2.25.